The molecule has 0 amide bonds. The summed E-state index contributed by atoms with van der Waals surface area (Å²) in [5.74, 6) is 0.158. The van der Waals surface area contributed by atoms with Crippen LogP contribution < -0.4 is 11.4 Å². The van der Waals surface area contributed by atoms with Gasteiger partial charge < -0.3 is 20.0 Å². The van der Waals surface area contributed by atoms with Crippen LogP contribution >= 0.6 is 0 Å². The van der Waals surface area contributed by atoms with Crippen molar-refractivity contribution in [2.45, 2.75) is 84.0 Å². The molecule has 0 saturated carbocycles. The Labute approximate surface area is 186 Å². The molecule has 0 radical (unpaired) electrons. The quantitative estimate of drug-likeness (QED) is 0.582. The van der Waals surface area contributed by atoms with Crippen LogP contribution in [-0.2, 0) is 9.16 Å². The highest BCUT2D eigenvalue weighted by atomic mass is 28.4. The molecule has 2 heterocycles. The highest BCUT2D eigenvalue weighted by Crippen LogP contribution is 2.46. The van der Waals surface area contributed by atoms with Crippen LogP contribution in [-0.4, -0.2) is 41.8 Å². The summed E-state index contributed by atoms with van der Waals surface area (Å²) in [6.07, 6.45) is -1.26. The largest absolute Gasteiger partial charge is 0.414 e. The molecular formula is C22H38N4O4Si. The molecule has 1 aromatic heterocycles. The molecule has 1 fully saturated rings. The van der Waals surface area contributed by atoms with E-state index in [1.54, 1.807) is 0 Å². The smallest absolute Gasteiger partial charge is 0.351 e. The van der Waals surface area contributed by atoms with Crippen molar-refractivity contribution in [3.8, 4) is 6.07 Å². The maximum absolute atomic E-state index is 12.3. The van der Waals surface area contributed by atoms with Gasteiger partial charge in [0.25, 0.3) is 0 Å². The number of aliphatic hydroxyl groups is 1. The number of anilines is 1. The highest BCUT2D eigenvalue weighted by molar-refractivity contribution is 6.76. The van der Waals surface area contributed by atoms with Crippen LogP contribution in [0.15, 0.2) is 17.1 Å². The number of rotatable bonds is 8. The van der Waals surface area contributed by atoms with E-state index in [4.69, 9.17) is 14.9 Å². The molecule has 1 aliphatic heterocycles. The summed E-state index contributed by atoms with van der Waals surface area (Å²) in [6.45, 7) is 15.7. The van der Waals surface area contributed by atoms with Crippen molar-refractivity contribution in [1.29, 1.82) is 5.26 Å². The predicted molar refractivity (Wildman–Crippen MR) is 123 cm³/mol. The second-order valence-electron chi connectivity index (χ2n) is 10.5. The molecule has 1 aliphatic rings. The molecule has 174 valence electrons. The first-order chi connectivity index (χ1) is 14.3. The Balaban J connectivity index is 2.29. The third kappa shape index (κ3) is 5.74. The Morgan fingerprint density at radius 3 is 2.35 bits per heavy atom. The third-order valence-corrected chi connectivity index (χ3v) is 12.4. The van der Waals surface area contributed by atoms with E-state index in [-0.39, 0.29) is 17.5 Å². The Bertz CT molecular complexity index is 833. The Kier molecular flexibility index (Phi) is 8.08. The first kappa shape index (κ1) is 25.5. The first-order valence-electron chi connectivity index (χ1n) is 11.0. The van der Waals surface area contributed by atoms with Gasteiger partial charge in [0.15, 0.2) is 14.5 Å². The monoisotopic (exact) mass is 450 g/mol. The number of nitrogens with zero attached hydrogens (tertiary/aromatic N) is 3. The molecule has 31 heavy (non-hydrogen) atoms. The number of nitriles is 1. The fourth-order valence-corrected chi connectivity index (χ4v) is 9.65. The second-order valence-corrected chi connectivity index (χ2v) is 15.1. The first-order valence-corrected chi connectivity index (χ1v) is 13.4. The van der Waals surface area contributed by atoms with E-state index >= 15 is 0 Å². The van der Waals surface area contributed by atoms with Crippen LogP contribution in [0, 0.1) is 29.1 Å². The summed E-state index contributed by atoms with van der Waals surface area (Å²) in [6, 6.07) is 5.57. The summed E-state index contributed by atoms with van der Waals surface area (Å²) in [5, 5.41) is 20.5. The number of ether oxygens (including phenoxy) is 1. The van der Waals surface area contributed by atoms with Gasteiger partial charge in [-0.2, -0.15) is 10.2 Å². The average Bonchev–Trinajstić information content (AvgIpc) is 2.93. The van der Waals surface area contributed by atoms with Gasteiger partial charge in [0.05, 0.1) is 12.7 Å². The van der Waals surface area contributed by atoms with E-state index in [2.05, 4.69) is 59.5 Å². The van der Waals surface area contributed by atoms with Gasteiger partial charge in [-0.1, -0.05) is 48.5 Å². The molecule has 9 heteroatoms. The lowest BCUT2D eigenvalue weighted by atomic mass is 10.0. The predicted octanol–water partition coefficient (Wildman–Crippen LogP) is 3.30. The van der Waals surface area contributed by atoms with E-state index in [1.807, 2.05) is 0 Å². The molecule has 0 aromatic carbocycles. The number of hydrogen-bond acceptors (Lipinski definition) is 7. The van der Waals surface area contributed by atoms with Crippen LogP contribution in [0.25, 0.3) is 0 Å². The van der Waals surface area contributed by atoms with Crippen LogP contribution in [0.2, 0.25) is 17.1 Å². The molecular weight excluding hydrogens is 412 g/mol. The molecule has 0 unspecified atom stereocenters. The minimum Gasteiger partial charge on any atom is -0.414 e. The summed E-state index contributed by atoms with van der Waals surface area (Å²) in [5.41, 5.74) is 4.95. The van der Waals surface area contributed by atoms with E-state index in [1.165, 1.54) is 16.8 Å². The zero-order chi connectivity index (χ0) is 23.6. The second kappa shape index (κ2) is 9.82. The Morgan fingerprint density at radius 2 is 1.90 bits per heavy atom. The van der Waals surface area contributed by atoms with Gasteiger partial charge in [-0.05, 0) is 35.0 Å². The lowest BCUT2D eigenvalue weighted by Gasteiger charge is -2.45. The van der Waals surface area contributed by atoms with Crippen molar-refractivity contribution in [1.82, 2.24) is 9.55 Å². The van der Waals surface area contributed by atoms with Crippen LogP contribution in [0.3, 0.4) is 0 Å². The number of hydrogen-bond donors (Lipinski definition) is 2. The minimum atomic E-state index is -2.24. The SMILES string of the molecule is CC(C)C[Si](CC(C)C)(OC[C@H]1O[C@@H](n2ccc(N)nc2=O)[C@@H](C#N)[C@@H]1O)C(C)(C)C. The van der Waals surface area contributed by atoms with Crippen LogP contribution in [0.5, 0.6) is 0 Å². The molecule has 4 atom stereocenters. The molecule has 8 nitrogen and oxygen atoms in total. The minimum absolute atomic E-state index is 0.00303. The summed E-state index contributed by atoms with van der Waals surface area (Å²) >= 11 is 0. The zero-order valence-electron chi connectivity index (χ0n) is 19.8. The van der Waals surface area contributed by atoms with Crippen molar-refractivity contribution in [3.63, 3.8) is 0 Å². The van der Waals surface area contributed by atoms with Crippen molar-refractivity contribution in [3.05, 3.63) is 22.7 Å². The fourth-order valence-electron chi connectivity index (χ4n) is 4.47. The molecule has 3 N–H and O–H groups in total. The van der Waals surface area contributed by atoms with E-state index in [0.29, 0.717) is 11.8 Å². The van der Waals surface area contributed by atoms with E-state index in [0.717, 1.165) is 12.1 Å². The van der Waals surface area contributed by atoms with Gasteiger partial charge in [-0.25, -0.2) is 4.79 Å². The Hall–Kier alpha value is -1.73. The molecule has 0 aliphatic carbocycles. The van der Waals surface area contributed by atoms with Crippen molar-refractivity contribution < 1.29 is 14.3 Å². The van der Waals surface area contributed by atoms with Crippen LogP contribution in [0.4, 0.5) is 5.82 Å². The topological polar surface area (TPSA) is 123 Å². The molecule has 0 bridgehead atoms. The summed E-state index contributed by atoms with van der Waals surface area (Å²) in [4.78, 5) is 16.0. The fraction of sp³-hybridized carbons (Fsp3) is 0.773. The molecule has 1 aromatic rings. The van der Waals surface area contributed by atoms with Gasteiger partial charge in [0.1, 0.15) is 23.9 Å². The molecule has 1 saturated heterocycles. The van der Waals surface area contributed by atoms with Gasteiger partial charge in [-0.3, -0.25) is 4.57 Å². The van der Waals surface area contributed by atoms with Gasteiger partial charge in [-0.15, -0.1) is 0 Å². The standard InChI is InChI=1S/C22H38N4O4Si/c1-14(2)12-31(13-15(3)4,22(5,6)7)29-11-17-19(27)16(10-23)20(30-17)26-9-8-18(24)25-21(26)28/h8-9,14-17,19-20,27H,11-13H2,1-7H3,(H2,24,25,28)/t16-,17+,19-,20+/m0/s1. The van der Waals surface area contributed by atoms with Crippen LogP contribution in [0.1, 0.15) is 54.7 Å². The number of aliphatic hydroxyl groups excluding tert-OH is 1. The zero-order valence-corrected chi connectivity index (χ0v) is 20.8. The third-order valence-electron chi connectivity index (χ3n) is 6.01. The Morgan fingerprint density at radius 1 is 1.32 bits per heavy atom. The maximum Gasteiger partial charge on any atom is 0.351 e. The van der Waals surface area contributed by atoms with E-state index < -0.39 is 38.4 Å². The normalized spacial score (nSPS) is 24.7. The molecule has 2 rings (SSSR count). The maximum atomic E-state index is 12.3. The average molecular weight is 451 g/mol. The number of aromatic nitrogens is 2. The van der Waals surface area contributed by atoms with Crippen molar-refractivity contribution >= 4 is 14.1 Å². The lowest BCUT2D eigenvalue weighted by molar-refractivity contribution is -0.0451. The van der Waals surface area contributed by atoms with Gasteiger partial charge >= 0.3 is 5.69 Å². The summed E-state index contributed by atoms with van der Waals surface area (Å²) < 4.78 is 13.9. The lowest BCUT2D eigenvalue weighted by Crippen LogP contribution is -2.51. The van der Waals surface area contributed by atoms with Crippen molar-refractivity contribution in [2.75, 3.05) is 12.3 Å². The molecule has 0 spiro atoms. The van der Waals surface area contributed by atoms with Gasteiger partial charge in [0.2, 0.25) is 0 Å². The van der Waals surface area contributed by atoms with E-state index in [9.17, 15) is 15.2 Å². The summed E-state index contributed by atoms with van der Waals surface area (Å²) in [7, 11) is -2.24. The number of nitrogens with two attached hydrogens (primary N) is 1. The van der Waals surface area contributed by atoms with Gasteiger partial charge in [0, 0.05) is 6.20 Å². The highest BCUT2D eigenvalue weighted by Gasteiger charge is 2.50. The van der Waals surface area contributed by atoms with Crippen molar-refractivity contribution in [2.24, 2.45) is 17.8 Å². The number of nitrogen functional groups attached to an aromatic ring is 1.